The van der Waals surface area contributed by atoms with Crippen LogP contribution in [0.25, 0.3) is 5.69 Å². The first kappa shape index (κ1) is 23.1. The number of hydrogen-bond donors (Lipinski definition) is 1. The minimum atomic E-state index is -0.248. The van der Waals surface area contributed by atoms with Crippen molar-refractivity contribution in [2.24, 2.45) is 0 Å². The van der Waals surface area contributed by atoms with Crippen molar-refractivity contribution in [3.05, 3.63) is 113 Å². The van der Waals surface area contributed by atoms with Crippen LogP contribution in [0.15, 0.2) is 79.0 Å². The van der Waals surface area contributed by atoms with Gasteiger partial charge in [-0.25, -0.2) is 4.39 Å². The molecule has 4 aromatic rings. The van der Waals surface area contributed by atoms with E-state index in [1.807, 2.05) is 48.7 Å². The molecule has 7 heteroatoms. The molecule has 0 amide bonds. The number of pyridine rings is 1. The molecule has 2 atom stereocenters. The van der Waals surface area contributed by atoms with E-state index in [-0.39, 0.29) is 17.9 Å². The molecule has 0 spiro atoms. The quantitative estimate of drug-likeness (QED) is 0.349. The SMILES string of the molecule is COc1ccc(CN2C(=S)NC(c3ccccn3)C2c2cc(C)n(-c3ccc(F)cc3)c2C)cc1. The molecule has 0 bridgehead atoms. The molecule has 3 heterocycles. The summed E-state index contributed by atoms with van der Waals surface area (Å²) in [5.74, 6) is 0.573. The van der Waals surface area contributed by atoms with E-state index in [1.165, 1.54) is 12.1 Å². The van der Waals surface area contributed by atoms with Gasteiger partial charge in [0.25, 0.3) is 0 Å². The minimum Gasteiger partial charge on any atom is -0.497 e. The van der Waals surface area contributed by atoms with Crippen molar-refractivity contribution in [2.75, 3.05) is 7.11 Å². The van der Waals surface area contributed by atoms with Gasteiger partial charge in [-0.1, -0.05) is 18.2 Å². The summed E-state index contributed by atoms with van der Waals surface area (Å²) in [6.45, 7) is 4.82. The molecule has 1 aliphatic rings. The normalized spacial score (nSPS) is 17.5. The van der Waals surface area contributed by atoms with Gasteiger partial charge in [-0.15, -0.1) is 0 Å². The molecule has 1 N–H and O–H groups in total. The molecule has 35 heavy (non-hydrogen) atoms. The van der Waals surface area contributed by atoms with Gasteiger partial charge in [0.05, 0.1) is 24.9 Å². The van der Waals surface area contributed by atoms with E-state index in [9.17, 15) is 4.39 Å². The summed E-state index contributed by atoms with van der Waals surface area (Å²) in [6, 6.07) is 22.6. The number of nitrogens with zero attached hydrogens (tertiary/aromatic N) is 3. The van der Waals surface area contributed by atoms with Crippen LogP contribution in [0.2, 0.25) is 0 Å². The fourth-order valence-corrected chi connectivity index (χ4v) is 5.22. The number of ether oxygens (including phenoxy) is 1. The Morgan fingerprint density at radius 3 is 2.43 bits per heavy atom. The number of rotatable bonds is 6. The molecule has 1 saturated heterocycles. The zero-order chi connectivity index (χ0) is 24.5. The second-order valence-corrected chi connectivity index (χ2v) is 9.13. The van der Waals surface area contributed by atoms with Gasteiger partial charge < -0.3 is 19.5 Å². The fourth-order valence-electron chi connectivity index (χ4n) is 4.92. The molecule has 1 fully saturated rings. The van der Waals surface area contributed by atoms with E-state index in [0.717, 1.165) is 39.6 Å². The average molecular weight is 487 g/mol. The number of benzene rings is 2. The van der Waals surface area contributed by atoms with Crippen LogP contribution in [0.3, 0.4) is 0 Å². The lowest BCUT2D eigenvalue weighted by Crippen LogP contribution is -2.29. The van der Waals surface area contributed by atoms with Gasteiger partial charge in [0.15, 0.2) is 5.11 Å². The van der Waals surface area contributed by atoms with Crippen LogP contribution in [-0.4, -0.2) is 26.7 Å². The monoisotopic (exact) mass is 486 g/mol. The van der Waals surface area contributed by atoms with Crippen LogP contribution in [0.5, 0.6) is 5.75 Å². The molecule has 0 radical (unpaired) electrons. The molecule has 0 saturated carbocycles. The summed E-state index contributed by atoms with van der Waals surface area (Å²) in [5.41, 5.74) is 6.32. The Kier molecular flexibility index (Phi) is 6.26. The maximum atomic E-state index is 13.6. The maximum absolute atomic E-state index is 13.6. The van der Waals surface area contributed by atoms with Crippen LogP contribution >= 0.6 is 12.2 Å². The lowest BCUT2D eigenvalue weighted by Gasteiger charge is -2.28. The van der Waals surface area contributed by atoms with Crippen molar-refractivity contribution in [3.63, 3.8) is 0 Å². The number of thiocarbonyl (C=S) groups is 1. The van der Waals surface area contributed by atoms with Crippen molar-refractivity contribution in [1.82, 2.24) is 19.8 Å². The lowest BCUT2D eigenvalue weighted by atomic mass is 9.96. The highest BCUT2D eigenvalue weighted by atomic mass is 32.1. The van der Waals surface area contributed by atoms with Crippen LogP contribution < -0.4 is 10.1 Å². The van der Waals surface area contributed by atoms with Gasteiger partial charge in [0.2, 0.25) is 0 Å². The molecular formula is C28H27FN4OS. The van der Waals surface area contributed by atoms with Crippen molar-refractivity contribution in [2.45, 2.75) is 32.5 Å². The number of nitrogens with one attached hydrogen (secondary N) is 1. The second kappa shape index (κ2) is 9.50. The van der Waals surface area contributed by atoms with E-state index in [1.54, 1.807) is 7.11 Å². The Labute approximate surface area is 210 Å². The lowest BCUT2D eigenvalue weighted by molar-refractivity contribution is 0.310. The maximum Gasteiger partial charge on any atom is 0.170 e. The van der Waals surface area contributed by atoms with E-state index in [4.69, 9.17) is 17.0 Å². The Balaban J connectivity index is 1.59. The molecule has 5 rings (SSSR count). The summed E-state index contributed by atoms with van der Waals surface area (Å²) in [6.07, 6.45) is 1.81. The van der Waals surface area contributed by atoms with Gasteiger partial charge >= 0.3 is 0 Å². The third kappa shape index (κ3) is 4.39. The Bertz CT molecular complexity index is 1340. The second-order valence-electron chi connectivity index (χ2n) is 8.74. The first-order valence-electron chi connectivity index (χ1n) is 11.5. The Hall–Kier alpha value is -3.71. The van der Waals surface area contributed by atoms with E-state index in [2.05, 4.69) is 51.8 Å². The molecule has 2 unspecified atom stereocenters. The third-order valence-electron chi connectivity index (χ3n) is 6.58. The predicted octanol–water partition coefficient (Wildman–Crippen LogP) is 5.81. The average Bonchev–Trinajstić information content (AvgIpc) is 3.35. The van der Waals surface area contributed by atoms with E-state index >= 15 is 0 Å². The molecule has 1 aliphatic heterocycles. The van der Waals surface area contributed by atoms with Gasteiger partial charge in [0, 0.05) is 29.8 Å². The van der Waals surface area contributed by atoms with Gasteiger partial charge in [-0.05, 0) is 91.8 Å². The van der Waals surface area contributed by atoms with E-state index in [0.29, 0.717) is 11.7 Å². The molecule has 2 aromatic heterocycles. The number of aromatic nitrogens is 2. The summed E-state index contributed by atoms with van der Waals surface area (Å²) in [4.78, 5) is 6.88. The standard InChI is InChI=1S/C28H27FN4OS/c1-18-16-24(19(2)33(18)22-11-9-21(29)10-12-22)27-26(25-6-4-5-15-30-25)31-28(35)32(27)17-20-7-13-23(34-3)14-8-20/h4-16,26-27H,17H2,1-3H3,(H,31,35). The van der Waals surface area contributed by atoms with Crippen LogP contribution in [0, 0.1) is 19.7 Å². The molecule has 0 aliphatic carbocycles. The molecular weight excluding hydrogens is 459 g/mol. The number of halogens is 1. The van der Waals surface area contributed by atoms with Crippen molar-refractivity contribution >= 4 is 17.3 Å². The number of aryl methyl sites for hydroxylation is 1. The van der Waals surface area contributed by atoms with Gasteiger partial charge in [-0.3, -0.25) is 4.98 Å². The first-order chi connectivity index (χ1) is 17.0. The zero-order valence-corrected chi connectivity index (χ0v) is 20.7. The van der Waals surface area contributed by atoms with E-state index < -0.39 is 0 Å². The highest BCUT2D eigenvalue weighted by Gasteiger charge is 2.41. The van der Waals surface area contributed by atoms with Gasteiger partial charge in [-0.2, -0.15) is 0 Å². The molecule has 5 nitrogen and oxygen atoms in total. The molecule has 178 valence electrons. The summed E-state index contributed by atoms with van der Waals surface area (Å²) >= 11 is 5.85. The Morgan fingerprint density at radius 2 is 1.77 bits per heavy atom. The zero-order valence-electron chi connectivity index (χ0n) is 19.9. The third-order valence-corrected chi connectivity index (χ3v) is 6.94. The predicted molar refractivity (Wildman–Crippen MR) is 139 cm³/mol. The highest BCUT2D eigenvalue weighted by Crippen LogP contribution is 2.42. The number of hydrogen-bond acceptors (Lipinski definition) is 3. The minimum absolute atomic E-state index is 0.0695. The topological polar surface area (TPSA) is 42.3 Å². The van der Waals surface area contributed by atoms with Crippen molar-refractivity contribution in [1.29, 1.82) is 0 Å². The summed E-state index contributed by atoms with van der Waals surface area (Å²) in [5, 5.41) is 4.21. The van der Waals surface area contributed by atoms with Gasteiger partial charge in [0.1, 0.15) is 11.6 Å². The largest absolute Gasteiger partial charge is 0.497 e. The highest BCUT2D eigenvalue weighted by molar-refractivity contribution is 7.80. The number of methoxy groups -OCH3 is 1. The molecule has 2 aromatic carbocycles. The van der Waals surface area contributed by atoms with Crippen molar-refractivity contribution in [3.8, 4) is 11.4 Å². The van der Waals surface area contributed by atoms with Crippen LogP contribution in [0.1, 0.15) is 40.3 Å². The van der Waals surface area contributed by atoms with Crippen LogP contribution in [0.4, 0.5) is 4.39 Å². The summed E-state index contributed by atoms with van der Waals surface area (Å²) < 4.78 is 21.1. The first-order valence-corrected chi connectivity index (χ1v) is 11.9. The van der Waals surface area contributed by atoms with Crippen molar-refractivity contribution < 1.29 is 9.13 Å². The van der Waals surface area contributed by atoms with Crippen LogP contribution in [-0.2, 0) is 6.54 Å². The fraction of sp³-hybridized carbons (Fsp3) is 0.214. The summed E-state index contributed by atoms with van der Waals surface area (Å²) in [7, 11) is 1.67. The Morgan fingerprint density at radius 1 is 1.03 bits per heavy atom. The smallest absolute Gasteiger partial charge is 0.170 e.